The minimum Gasteiger partial charge on any atom is -0.496 e. The second-order valence-corrected chi connectivity index (χ2v) is 9.91. The number of pyridine rings is 1. The van der Waals surface area contributed by atoms with E-state index in [0.717, 1.165) is 42.5 Å². The summed E-state index contributed by atoms with van der Waals surface area (Å²) < 4.78 is 7.66. The van der Waals surface area contributed by atoms with E-state index in [4.69, 9.17) is 4.74 Å². The number of carbonyl (C=O) groups excluding carboxylic acids is 2. The van der Waals surface area contributed by atoms with Crippen LogP contribution >= 0.6 is 0 Å². The number of piperidine rings is 1. The minimum absolute atomic E-state index is 0.0702. The first-order chi connectivity index (χ1) is 17.2. The second kappa shape index (κ2) is 10.7. The monoisotopic (exact) mass is 492 g/mol. The highest BCUT2D eigenvalue weighted by molar-refractivity contribution is 6.08. The smallest absolute Gasteiger partial charge is 0.256 e. The van der Waals surface area contributed by atoms with Crippen molar-refractivity contribution in [2.24, 2.45) is 5.92 Å². The summed E-state index contributed by atoms with van der Waals surface area (Å²) in [4.78, 5) is 42.5. The van der Waals surface area contributed by atoms with E-state index in [1.807, 2.05) is 25.1 Å². The molecule has 192 valence electrons. The van der Waals surface area contributed by atoms with Gasteiger partial charge in [0.25, 0.3) is 11.5 Å². The van der Waals surface area contributed by atoms with Crippen LogP contribution in [0, 0.1) is 19.8 Å². The summed E-state index contributed by atoms with van der Waals surface area (Å²) >= 11 is 0. The Morgan fingerprint density at radius 3 is 2.56 bits per heavy atom. The lowest BCUT2D eigenvalue weighted by atomic mass is 9.90. The zero-order chi connectivity index (χ0) is 26.0. The summed E-state index contributed by atoms with van der Waals surface area (Å²) in [6.45, 7) is 10.1. The van der Waals surface area contributed by atoms with Gasteiger partial charge in [0.1, 0.15) is 11.5 Å². The van der Waals surface area contributed by atoms with Gasteiger partial charge in [0.2, 0.25) is 0 Å². The molecule has 0 spiro atoms. The van der Waals surface area contributed by atoms with Crippen molar-refractivity contribution < 1.29 is 14.3 Å². The average Bonchev–Trinajstić information content (AvgIpc) is 3.14. The molecule has 1 atom stereocenters. The van der Waals surface area contributed by atoms with Crippen LogP contribution in [0.1, 0.15) is 60.0 Å². The molecule has 1 fully saturated rings. The van der Waals surface area contributed by atoms with Crippen molar-refractivity contribution in [3.8, 4) is 5.75 Å². The third kappa shape index (κ3) is 5.09. The zero-order valence-electron chi connectivity index (χ0n) is 21.8. The van der Waals surface area contributed by atoms with Crippen molar-refractivity contribution in [3.05, 3.63) is 63.2 Å². The van der Waals surface area contributed by atoms with Gasteiger partial charge in [-0.05, 0) is 71.7 Å². The molecule has 36 heavy (non-hydrogen) atoms. The Balaban J connectivity index is 1.59. The normalized spacial score (nSPS) is 15.7. The summed E-state index contributed by atoms with van der Waals surface area (Å²) in [5, 5.41) is 3.85. The molecule has 8 nitrogen and oxygen atoms in total. The maximum absolute atomic E-state index is 13.5. The molecule has 2 N–H and O–H groups in total. The van der Waals surface area contributed by atoms with Crippen LogP contribution in [0.25, 0.3) is 10.9 Å². The second-order valence-electron chi connectivity index (χ2n) is 9.91. The number of aryl methyl sites for hydroxylation is 1. The summed E-state index contributed by atoms with van der Waals surface area (Å²) in [5.74, 6) is 0.900. The number of para-hydroxylation sites is 1. The predicted octanol–water partition coefficient (Wildman–Crippen LogP) is 3.75. The Kier molecular flexibility index (Phi) is 7.64. The molecular weight excluding hydrogens is 456 g/mol. The number of likely N-dealkylation sites (tertiary alicyclic amines) is 1. The van der Waals surface area contributed by atoms with Gasteiger partial charge in [0.05, 0.1) is 31.3 Å². The number of hydrogen-bond donors (Lipinski definition) is 2. The van der Waals surface area contributed by atoms with Crippen LogP contribution in [0.15, 0.2) is 35.1 Å². The maximum atomic E-state index is 13.5. The maximum Gasteiger partial charge on any atom is 0.256 e. The van der Waals surface area contributed by atoms with Crippen LogP contribution in [0.4, 0.5) is 0 Å². The Labute approximate surface area is 211 Å². The van der Waals surface area contributed by atoms with E-state index >= 15 is 0 Å². The van der Waals surface area contributed by atoms with Crippen molar-refractivity contribution in [1.82, 2.24) is 19.8 Å². The van der Waals surface area contributed by atoms with Crippen molar-refractivity contribution in [3.63, 3.8) is 0 Å². The first-order valence-electron chi connectivity index (χ1n) is 12.6. The number of amides is 1. The van der Waals surface area contributed by atoms with E-state index in [1.54, 1.807) is 19.9 Å². The van der Waals surface area contributed by atoms with Crippen LogP contribution < -0.4 is 15.6 Å². The quantitative estimate of drug-likeness (QED) is 0.499. The van der Waals surface area contributed by atoms with Crippen LogP contribution in [-0.2, 0) is 11.3 Å². The first kappa shape index (κ1) is 25.7. The van der Waals surface area contributed by atoms with Gasteiger partial charge in [-0.15, -0.1) is 0 Å². The summed E-state index contributed by atoms with van der Waals surface area (Å²) in [5.41, 5.74) is 3.40. The standard InChI is InChI=1S/C28H36N4O4/c1-17-14-25(36-5)23(27(34)30-17)15-29-28(35)26-20(4)32(24-9-7-6-8-22(24)26)19(3)21-10-12-31(13-11-21)16-18(2)33/h6-9,14,19,21H,10-13,15-16H2,1-5H3,(H,29,35)(H,30,34)/t19-/m1/s1. The van der Waals surface area contributed by atoms with Gasteiger partial charge in [0.15, 0.2) is 0 Å². The molecule has 1 saturated heterocycles. The van der Waals surface area contributed by atoms with Crippen LogP contribution in [-0.4, -0.2) is 52.9 Å². The molecular formula is C28H36N4O4. The van der Waals surface area contributed by atoms with Gasteiger partial charge in [-0.3, -0.25) is 19.3 Å². The average molecular weight is 493 g/mol. The molecule has 1 amide bonds. The number of benzene rings is 1. The number of fused-ring (bicyclic) bond motifs is 1. The highest BCUT2D eigenvalue weighted by Crippen LogP contribution is 2.35. The van der Waals surface area contributed by atoms with Crippen LogP contribution in [0.5, 0.6) is 5.75 Å². The fourth-order valence-electron chi connectivity index (χ4n) is 5.61. The summed E-state index contributed by atoms with van der Waals surface area (Å²) in [6.07, 6.45) is 2.02. The Bertz CT molecular complexity index is 1330. The van der Waals surface area contributed by atoms with E-state index in [2.05, 4.69) is 32.8 Å². The summed E-state index contributed by atoms with van der Waals surface area (Å²) in [7, 11) is 1.52. The largest absolute Gasteiger partial charge is 0.496 e. The molecule has 3 aromatic rings. The molecule has 0 unspecified atom stereocenters. The zero-order valence-corrected chi connectivity index (χ0v) is 21.8. The number of nitrogens with one attached hydrogen (secondary N) is 2. The predicted molar refractivity (Wildman–Crippen MR) is 141 cm³/mol. The third-order valence-corrected chi connectivity index (χ3v) is 7.43. The number of aromatic amines is 1. The van der Waals surface area contributed by atoms with Crippen LogP contribution in [0.2, 0.25) is 0 Å². The van der Waals surface area contributed by atoms with Gasteiger partial charge in [0, 0.05) is 28.3 Å². The lowest BCUT2D eigenvalue weighted by molar-refractivity contribution is -0.118. The van der Waals surface area contributed by atoms with E-state index in [-0.39, 0.29) is 29.8 Å². The Hall–Kier alpha value is -3.39. The summed E-state index contributed by atoms with van der Waals surface area (Å²) in [6, 6.07) is 9.95. The van der Waals surface area contributed by atoms with Crippen molar-refractivity contribution in [2.75, 3.05) is 26.7 Å². The third-order valence-electron chi connectivity index (χ3n) is 7.43. The molecule has 1 aliphatic rings. The number of nitrogens with zero attached hydrogens (tertiary/aromatic N) is 2. The van der Waals surface area contributed by atoms with E-state index < -0.39 is 0 Å². The van der Waals surface area contributed by atoms with Crippen molar-refractivity contribution in [2.45, 2.75) is 53.1 Å². The molecule has 1 aliphatic heterocycles. The fraction of sp³-hybridized carbons (Fsp3) is 0.464. The Morgan fingerprint density at radius 2 is 1.89 bits per heavy atom. The minimum atomic E-state index is -0.268. The van der Waals surface area contributed by atoms with Crippen LogP contribution in [0.3, 0.4) is 0 Å². The number of Topliss-reactive ketones (excluding diaryl/α,β-unsaturated/α-hetero) is 1. The molecule has 1 aromatic carbocycles. The fourth-order valence-corrected chi connectivity index (χ4v) is 5.61. The molecule has 2 aromatic heterocycles. The molecule has 0 radical (unpaired) electrons. The molecule has 3 heterocycles. The molecule has 0 saturated carbocycles. The Morgan fingerprint density at radius 1 is 1.19 bits per heavy atom. The topological polar surface area (TPSA) is 96.4 Å². The number of ether oxygens (including phenoxy) is 1. The number of carbonyl (C=O) groups is 2. The lowest BCUT2D eigenvalue weighted by Crippen LogP contribution is -2.38. The molecule has 8 heteroatoms. The van der Waals surface area contributed by atoms with Crippen molar-refractivity contribution in [1.29, 1.82) is 0 Å². The molecule has 0 aliphatic carbocycles. The number of rotatable bonds is 8. The van der Waals surface area contributed by atoms with E-state index in [0.29, 0.717) is 35.0 Å². The molecule has 4 rings (SSSR count). The number of ketones is 1. The lowest BCUT2D eigenvalue weighted by Gasteiger charge is -2.35. The van der Waals surface area contributed by atoms with Gasteiger partial charge in [-0.1, -0.05) is 18.2 Å². The van der Waals surface area contributed by atoms with E-state index in [1.165, 1.54) is 7.11 Å². The van der Waals surface area contributed by atoms with Gasteiger partial charge >= 0.3 is 0 Å². The van der Waals surface area contributed by atoms with Gasteiger partial charge in [-0.25, -0.2) is 0 Å². The van der Waals surface area contributed by atoms with Crippen molar-refractivity contribution >= 4 is 22.6 Å². The number of H-pyrrole nitrogens is 1. The number of hydrogen-bond acceptors (Lipinski definition) is 5. The van der Waals surface area contributed by atoms with Gasteiger partial charge < -0.3 is 19.6 Å². The highest BCUT2D eigenvalue weighted by atomic mass is 16.5. The molecule has 0 bridgehead atoms. The van der Waals surface area contributed by atoms with E-state index in [9.17, 15) is 14.4 Å². The first-order valence-corrected chi connectivity index (χ1v) is 12.6. The number of aromatic nitrogens is 2. The van der Waals surface area contributed by atoms with Gasteiger partial charge in [-0.2, -0.15) is 0 Å². The highest BCUT2D eigenvalue weighted by Gasteiger charge is 2.29. The SMILES string of the molecule is COc1cc(C)[nH]c(=O)c1CNC(=O)c1c(C)n([C@H](C)C2CCN(CC(C)=O)CC2)c2ccccc12. The number of methoxy groups -OCH3 is 1.